The van der Waals surface area contributed by atoms with E-state index in [1.54, 1.807) is 0 Å². The van der Waals surface area contributed by atoms with Crippen molar-refractivity contribution >= 4 is 23.0 Å². The Kier molecular flexibility index (Phi) is 6.38. The van der Waals surface area contributed by atoms with Gasteiger partial charge in [-0.1, -0.05) is 12.1 Å². The predicted molar refractivity (Wildman–Crippen MR) is 99.6 cm³/mol. The maximum absolute atomic E-state index is 5.83. The lowest BCUT2D eigenvalue weighted by Crippen LogP contribution is -3.06. The van der Waals surface area contributed by atoms with Crippen LogP contribution in [0.5, 0.6) is 11.5 Å². The van der Waals surface area contributed by atoms with E-state index in [2.05, 4.69) is 24.7 Å². The van der Waals surface area contributed by atoms with E-state index in [1.807, 2.05) is 55.5 Å². The van der Waals surface area contributed by atoms with Crippen LogP contribution in [0.2, 0.25) is 0 Å². The zero-order valence-corrected chi connectivity index (χ0v) is 14.7. The second kappa shape index (κ2) is 8.50. The number of thiocarbonyl (C=S) groups is 1. The van der Waals surface area contributed by atoms with Gasteiger partial charge in [-0.15, -0.1) is 0 Å². The van der Waals surface area contributed by atoms with Crippen LogP contribution in [0.3, 0.4) is 0 Å². The van der Waals surface area contributed by atoms with Gasteiger partial charge in [0.2, 0.25) is 0 Å². The standard InChI is InChI=1S/C18H23N3OS/c1-14-5-4-6-17(13-14)22-16-9-7-15(8-10-16)20-18(23)19-11-12-21(2)3/h4-10,13H,11-12H2,1-3H3,(H2,19,20,23)/p+1. The predicted octanol–water partition coefficient (Wildman–Crippen LogP) is 2.22. The lowest BCUT2D eigenvalue weighted by molar-refractivity contribution is -0.856. The van der Waals surface area contributed by atoms with Gasteiger partial charge in [0.25, 0.3) is 0 Å². The van der Waals surface area contributed by atoms with E-state index >= 15 is 0 Å². The lowest BCUT2D eigenvalue weighted by atomic mass is 10.2. The summed E-state index contributed by atoms with van der Waals surface area (Å²) < 4.78 is 5.83. The normalized spacial score (nSPS) is 10.4. The molecule has 2 aromatic rings. The Hall–Kier alpha value is -2.11. The highest BCUT2D eigenvalue weighted by atomic mass is 32.1. The SMILES string of the molecule is Cc1cccc(Oc2ccc(NC(=S)NCC[NH+](C)C)cc2)c1. The highest BCUT2D eigenvalue weighted by Gasteiger charge is 2.01. The third-order valence-corrected chi connectivity index (χ3v) is 3.49. The molecule has 0 aliphatic carbocycles. The van der Waals surface area contributed by atoms with Gasteiger partial charge in [-0.25, -0.2) is 0 Å². The van der Waals surface area contributed by atoms with Crippen molar-refractivity contribution in [2.24, 2.45) is 0 Å². The number of anilines is 1. The first-order chi connectivity index (χ1) is 11.0. The van der Waals surface area contributed by atoms with Crippen LogP contribution in [0.4, 0.5) is 5.69 Å². The molecule has 0 aromatic heterocycles. The van der Waals surface area contributed by atoms with Gasteiger partial charge >= 0.3 is 0 Å². The number of ether oxygens (including phenoxy) is 1. The van der Waals surface area contributed by atoms with Crippen molar-refractivity contribution in [2.45, 2.75) is 6.92 Å². The number of nitrogens with one attached hydrogen (secondary N) is 3. The molecule has 0 bridgehead atoms. The summed E-state index contributed by atoms with van der Waals surface area (Å²) in [5.41, 5.74) is 2.12. The minimum atomic E-state index is 0.638. The van der Waals surface area contributed by atoms with E-state index in [0.29, 0.717) is 5.11 Å². The average molecular weight is 330 g/mol. The first-order valence-corrected chi connectivity index (χ1v) is 8.12. The molecule has 0 fully saturated rings. The highest BCUT2D eigenvalue weighted by Crippen LogP contribution is 2.23. The lowest BCUT2D eigenvalue weighted by Gasteiger charge is -2.12. The Morgan fingerprint density at radius 1 is 1.09 bits per heavy atom. The van der Waals surface area contributed by atoms with Gasteiger partial charge in [0.1, 0.15) is 11.5 Å². The topological polar surface area (TPSA) is 37.7 Å². The van der Waals surface area contributed by atoms with Crippen LogP contribution < -0.4 is 20.3 Å². The zero-order chi connectivity index (χ0) is 16.7. The minimum Gasteiger partial charge on any atom is -0.457 e. The smallest absolute Gasteiger partial charge is 0.170 e. The summed E-state index contributed by atoms with van der Waals surface area (Å²) in [5, 5.41) is 7.00. The molecular weight excluding hydrogens is 306 g/mol. The zero-order valence-electron chi connectivity index (χ0n) is 13.8. The van der Waals surface area contributed by atoms with E-state index in [1.165, 1.54) is 10.5 Å². The highest BCUT2D eigenvalue weighted by molar-refractivity contribution is 7.80. The van der Waals surface area contributed by atoms with Gasteiger partial charge in [-0.05, 0) is 61.1 Å². The van der Waals surface area contributed by atoms with E-state index in [-0.39, 0.29) is 0 Å². The molecule has 4 nitrogen and oxygen atoms in total. The van der Waals surface area contributed by atoms with Gasteiger partial charge < -0.3 is 20.3 Å². The molecule has 122 valence electrons. The Morgan fingerprint density at radius 2 is 1.83 bits per heavy atom. The largest absolute Gasteiger partial charge is 0.457 e. The molecule has 2 rings (SSSR count). The molecule has 0 spiro atoms. The first kappa shape index (κ1) is 17.2. The van der Waals surface area contributed by atoms with Crippen molar-refractivity contribution in [3.63, 3.8) is 0 Å². The summed E-state index contributed by atoms with van der Waals surface area (Å²) >= 11 is 5.28. The molecular formula is C18H24N3OS+. The fourth-order valence-corrected chi connectivity index (χ4v) is 2.24. The Bertz CT molecular complexity index is 641. The molecule has 3 N–H and O–H groups in total. The fraction of sp³-hybridized carbons (Fsp3) is 0.278. The molecule has 0 radical (unpaired) electrons. The van der Waals surface area contributed by atoms with E-state index in [0.717, 1.165) is 30.3 Å². The number of quaternary nitrogens is 1. The molecule has 0 unspecified atom stereocenters. The van der Waals surface area contributed by atoms with Crippen molar-refractivity contribution in [1.29, 1.82) is 0 Å². The minimum absolute atomic E-state index is 0.638. The summed E-state index contributed by atoms with van der Waals surface area (Å²) in [6.45, 7) is 3.92. The molecule has 23 heavy (non-hydrogen) atoms. The Morgan fingerprint density at radius 3 is 2.48 bits per heavy atom. The third kappa shape index (κ3) is 6.26. The van der Waals surface area contributed by atoms with Crippen LogP contribution in [0.25, 0.3) is 0 Å². The van der Waals surface area contributed by atoms with Gasteiger partial charge in [0.15, 0.2) is 5.11 Å². The van der Waals surface area contributed by atoms with Gasteiger partial charge in [0, 0.05) is 5.69 Å². The maximum atomic E-state index is 5.83. The summed E-state index contributed by atoms with van der Waals surface area (Å²) in [7, 11) is 4.23. The summed E-state index contributed by atoms with van der Waals surface area (Å²) in [6.07, 6.45) is 0. The molecule has 0 saturated heterocycles. The van der Waals surface area contributed by atoms with Crippen molar-refractivity contribution in [3.05, 3.63) is 54.1 Å². The quantitative estimate of drug-likeness (QED) is 0.710. The fourth-order valence-electron chi connectivity index (χ4n) is 2.02. The summed E-state index contributed by atoms with van der Waals surface area (Å²) in [4.78, 5) is 1.39. The van der Waals surface area contributed by atoms with E-state index < -0.39 is 0 Å². The number of hydrogen-bond acceptors (Lipinski definition) is 2. The van der Waals surface area contributed by atoms with Crippen LogP contribution >= 0.6 is 12.2 Å². The van der Waals surface area contributed by atoms with Crippen molar-refractivity contribution in [1.82, 2.24) is 5.32 Å². The average Bonchev–Trinajstić information content (AvgIpc) is 2.49. The Balaban J connectivity index is 1.85. The number of hydrogen-bond donors (Lipinski definition) is 3. The van der Waals surface area contributed by atoms with Crippen LogP contribution in [0, 0.1) is 6.92 Å². The summed E-state index contributed by atoms with van der Waals surface area (Å²) in [5.74, 6) is 1.64. The van der Waals surface area contributed by atoms with Gasteiger partial charge in [0.05, 0.1) is 27.2 Å². The molecule has 2 aromatic carbocycles. The summed E-state index contributed by atoms with van der Waals surface area (Å²) in [6, 6.07) is 15.8. The van der Waals surface area contributed by atoms with Crippen molar-refractivity contribution in [2.75, 3.05) is 32.5 Å². The molecule has 0 heterocycles. The van der Waals surface area contributed by atoms with Crippen LogP contribution in [-0.4, -0.2) is 32.3 Å². The van der Waals surface area contributed by atoms with Crippen LogP contribution in [0.15, 0.2) is 48.5 Å². The monoisotopic (exact) mass is 330 g/mol. The van der Waals surface area contributed by atoms with E-state index in [9.17, 15) is 0 Å². The van der Waals surface area contributed by atoms with Crippen molar-refractivity contribution < 1.29 is 9.64 Å². The van der Waals surface area contributed by atoms with Crippen LogP contribution in [0.1, 0.15) is 5.56 Å². The van der Waals surface area contributed by atoms with Crippen molar-refractivity contribution in [3.8, 4) is 11.5 Å². The number of aryl methyl sites for hydroxylation is 1. The molecule has 0 aliphatic heterocycles. The van der Waals surface area contributed by atoms with E-state index in [4.69, 9.17) is 17.0 Å². The second-order valence-electron chi connectivity index (χ2n) is 5.78. The third-order valence-electron chi connectivity index (χ3n) is 3.25. The van der Waals surface area contributed by atoms with Crippen LogP contribution in [-0.2, 0) is 0 Å². The molecule has 0 aliphatic rings. The maximum Gasteiger partial charge on any atom is 0.170 e. The van der Waals surface area contributed by atoms with Gasteiger partial charge in [-0.2, -0.15) is 0 Å². The number of rotatable bonds is 6. The number of benzene rings is 2. The Labute approximate surface area is 143 Å². The molecule has 5 heteroatoms. The number of likely N-dealkylation sites (N-methyl/N-ethyl adjacent to an activating group) is 1. The second-order valence-corrected chi connectivity index (χ2v) is 6.19. The molecule has 0 saturated carbocycles. The molecule has 0 atom stereocenters. The first-order valence-electron chi connectivity index (χ1n) is 7.71. The van der Waals surface area contributed by atoms with Gasteiger partial charge in [-0.3, -0.25) is 0 Å². The molecule has 0 amide bonds.